The molecule has 0 saturated carbocycles. The number of ether oxygens (including phenoxy) is 1. The quantitative estimate of drug-likeness (QED) is 0.512. The van der Waals surface area contributed by atoms with Crippen LogP contribution in [0.25, 0.3) is 0 Å². The van der Waals surface area contributed by atoms with Crippen molar-refractivity contribution in [1.29, 1.82) is 0 Å². The second-order valence-electron chi connectivity index (χ2n) is 5.89. The van der Waals surface area contributed by atoms with E-state index in [2.05, 4.69) is 0 Å². The zero-order valence-electron chi connectivity index (χ0n) is 14.2. The van der Waals surface area contributed by atoms with Crippen molar-refractivity contribution in [2.45, 2.75) is 12.0 Å². The van der Waals surface area contributed by atoms with Gasteiger partial charge in [-0.3, -0.25) is 0 Å². The summed E-state index contributed by atoms with van der Waals surface area (Å²) in [7, 11) is 0. The van der Waals surface area contributed by atoms with Crippen LogP contribution in [0.2, 0.25) is 0 Å². The Labute approximate surface area is 153 Å². The Morgan fingerprint density at radius 2 is 1.27 bits per heavy atom. The maximum absolute atomic E-state index is 12.1. The van der Waals surface area contributed by atoms with Gasteiger partial charge in [-0.05, 0) is 29.3 Å². The Bertz CT molecular complexity index is 842. The van der Waals surface area contributed by atoms with Crippen LogP contribution in [0.1, 0.15) is 33.5 Å². The molecule has 3 aromatic rings. The number of benzene rings is 3. The average Bonchev–Trinajstić information content (AvgIpc) is 2.72. The zero-order chi connectivity index (χ0) is 18.2. The van der Waals surface area contributed by atoms with Gasteiger partial charge in [0.25, 0.3) is 0 Å². The number of esters is 1. The fourth-order valence-electron chi connectivity index (χ4n) is 2.76. The van der Waals surface area contributed by atoms with Crippen molar-refractivity contribution in [2.24, 2.45) is 0 Å². The van der Waals surface area contributed by atoms with E-state index in [9.17, 15) is 9.90 Å². The van der Waals surface area contributed by atoms with Crippen molar-refractivity contribution in [3.63, 3.8) is 0 Å². The topological polar surface area (TPSA) is 46.5 Å². The molecule has 3 rings (SSSR count). The maximum Gasteiger partial charge on any atom is 0.342 e. The molecule has 130 valence electrons. The van der Waals surface area contributed by atoms with Crippen LogP contribution >= 0.6 is 0 Å². The van der Waals surface area contributed by atoms with Gasteiger partial charge >= 0.3 is 5.97 Å². The molecule has 1 N–H and O–H groups in total. The van der Waals surface area contributed by atoms with Gasteiger partial charge in [0.1, 0.15) is 0 Å². The van der Waals surface area contributed by atoms with E-state index in [4.69, 9.17) is 4.74 Å². The summed E-state index contributed by atoms with van der Waals surface area (Å²) in [4.78, 5) is 12.1. The van der Waals surface area contributed by atoms with Crippen molar-refractivity contribution >= 4 is 5.97 Å². The lowest BCUT2D eigenvalue weighted by molar-refractivity contribution is 0.0659. The predicted octanol–water partition coefficient (Wildman–Crippen LogP) is 4.87. The van der Waals surface area contributed by atoms with E-state index < -0.39 is 12.1 Å². The fraction of sp³-hybridized carbons (Fsp3) is 0.0870. The van der Waals surface area contributed by atoms with E-state index in [0.717, 1.165) is 11.1 Å². The molecule has 0 saturated heterocycles. The van der Waals surface area contributed by atoms with Crippen LogP contribution < -0.4 is 0 Å². The summed E-state index contributed by atoms with van der Waals surface area (Å²) in [5.41, 5.74) is 2.23. The maximum atomic E-state index is 12.1. The van der Waals surface area contributed by atoms with Crippen LogP contribution in [0.5, 0.6) is 0 Å². The molecule has 2 atom stereocenters. The van der Waals surface area contributed by atoms with Gasteiger partial charge < -0.3 is 9.84 Å². The summed E-state index contributed by atoms with van der Waals surface area (Å²) in [5, 5.41) is 10.8. The molecule has 0 radical (unpaired) electrons. The minimum atomic E-state index is -0.745. The van der Waals surface area contributed by atoms with Crippen molar-refractivity contribution < 1.29 is 14.6 Å². The minimum Gasteiger partial charge on any atom is -0.431 e. The fourth-order valence-corrected chi connectivity index (χ4v) is 2.76. The molecule has 0 aromatic heterocycles. The van der Waals surface area contributed by atoms with E-state index >= 15 is 0 Å². The first-order valence-corrected chi connectivity index (χ1v) is 8.46. The highest BCUT2D eigenvalue weighted by Gasteiger charge is 2.20. The second kappa shape index (κ2) is 8.79. The van der Waals surface area contributed by atoms with Gasteiger partial charge in [-0.1, -0.05) is 78.9 Å². The summed E-state index contributed by atoms with van der Waals surface area (Å²) < 4.78 is 5.24. The molecule has 0 aliphatic carbocycles. The molecule has 0 unspecified atom stereocenters. The molecular weight excluding hydrogens is 324 g/mol. The number of rotatable bonds is 6. The Kier molecular flexibility index (Phi) is 5.96. The van der Waals surface area contributed by atoms with E-state index in [0.29, 0.717) is 5.56 Å². The first-order chi connectivity index (χ1) is 12.8. The third-order valence-electron chi connectivity index (χ3n) is 4.14. The Hall–Kier alpha value is -3.17. The molecule has 26 heavy (non-hydrogen) atoms. The summed E-state index contributed by atoms with van der Waals surface area (Å²) >= 11 is 0. The van der Waals surface area contributed by atoms with E-state index in [1.807, 2.05) is 66.7 Å². The summed E-state index contributed by atoms with van der Waals surface area (Å²) in [6.45, 7) is 0. The van der Waals surface area contributed by atoms with Crippen LogP contribution in [0.3, 0.4) is 0 Å². The van der Waals surface area contributed by atoms with Crippen molar-refractivity contribution in [1.82, 2.24) is 0 Å². The number of carbonyl (C=O) groups excluding carboxylic acids is 1. The van der Waals surface area contributed by atoms with Crippen LogP contribution in [0.15, 0.2) is 103 Å². The molecule has 0 bridgehead atoms. The third kappa shape index (κ3) is 4.47. The van der Waals surface area contributed by atoms with Gasteiger partial charge in [0.2, 0.25) is 0 Å². The zero-order valence-corrected chi connectivity index (χ0v) is 14.2. The number of carbonyl (C=O) groups is 1. The minimum absolute atomic E-state index is 0.331. The number of aliphatic hydroxyl groups is 1. The lowest BCUT2D eigenvalue weighted by Crippen LogP contribution is -2.09. The van der Waals surface area contributed by atoms with Crippen LogP contribution in [-0.2, 0) is 4.74 Å². The lowest BCUT2D eigenvalue weighted by atomic mass is 9.89. The Balaban J connectivity index is 1.79. The van der Waals surface area contributed by atoms with E-state index in [-0.39, 0.29) is 5.92 Å². The molecule has 0 aliphatic heterocycles. The van der Waals surface area contributed by atoms with Crippen molar-refractivity contribution in [3.8, 4) is 0 Å². The standard InChI is InChI=1S/C23H20O3/c24-22(19-12-6-2-7-13-19)21(18-10-4-1-5-11-18)16-17-26-23(25)20-14-8-3-9-15-20/h1-17,21-22,24H/b17-16-/t21-,22-/m0/s1. The molecule has 0 fully saturated rings. The van der Waals surface area contributed by atoms with Gasteiger partial charge in [0, 0.05) is 5.92 Å². The predicted molar refractivity (Wildman–Crippen MR) is 102 cm³/mol. The van der Waals surface area contributed by atoms with Crippen LogP contribution in [0, 0.1) is 0 Å². The second-order valence-corrected chi connectivity index (χ2v) is 5.89. The van der Waals surface area contributed by atoms with E-state index in [1.165, 1.54) is 6.26 Å². The van der Waals surface area contributed by atoms with Crippen LogP contribution in [-0.4, -0.2) is 11.1 Å². The molecule has 0 spiro atoms. The van der Waals surface area contributed by atoms with Gasteiger partial charge in [-0.25, -0.2) is 4.79 Å². The van der Waals surface area contributed by atoms with Gasteiger partial charge in [0.05, 0.1) is 17.9 Å². The number of aliphatic hydroxyl groups excluding tert-OH is 1. The SMILES string of the molecule is O=C(O/C=C\[C@@H](c1ccccc1)[C@@H](O)c1ccccc1)c1ccccc1. The molecule has 0 amide bonds. The highest BCUT2D eigenvalue weighted by molar-refractivity contribution is 5.89. The van der Waals surface area contributed by atoms with Crippen molar-refractivity contribution in [3.05, 3.63) is 120 Å². The Morgan fingerprint density at radius 3 is 1.85 bits per heavy atom. The Morgan fingerprint density at radius 1 is 0.769 bits per heavy atom. The van der Waals surface area contributed by atoms with E-state index in [1.54, 1.807) is 30.3 Å². The third-order valence-corrected chi connectivity index (χ3v) is 4.14. The normalized spacial score (nSPS) is 13.3. The first-order valence-electron chi connectivity index (χ1n) is 8.46. The molecule has 3 nitrogen and oxygen atoms in total. The first kappa shape index (κ1) is 17.6. The van der Waals surface area contributed by atoms with Crippen molar-refractivity contribution in [2.75, 3.05) is 0 Å². The highest BCUT2D eigenvalue weighted by atomic mass is 16.5. The largest absolute Gasteiger partial charge is 0.431 e. The number of hydrogen-bond acceptors (Lipinski definition) is 3. The molecule has 0 aliphatic rings. The number of hydrogen-bond donors (Lipinski definition) is 1. The van der Waals surface area contributed by atoms with Crippen LogP contribution in [0.4, 0.5) is 0 Å². The summed E-state index contributed by atoms with van der Waals surface area (Å²) in [5.74, 6) is -0.759. The van der Waals surface area contributed by atoms with Gasteiger partial charge in [0.15, 0.2) is 0 Å². The molecular formula is C23H20O3. The molecule has 3 heteroatoms. The molecule has 3 aromatic carbocycles. The smallest absolute Gasteiger partial charge is 0.342 e. The van der Waals surface area contributed by atoms with Gasteiger partial charge in [-0.2, -0.15) is 0 Å². The summed E-state index contributed by atoms with van der Waals surface area (Å²) in [6.07, 6.45) is 2.33. The average molecular weight is 344 g/mol. The lowest BCUT2D eigenvalue weighted by Gasteiger charge is -2.20. The monoisotopic (exact) mass is 344 g/mol. The highest BCUT2D eigenvalue weighted by Crippen LogP contribution is 2.32. The molecule has 0 heterocycles. The van der Waals surface area contributed by atoms with Gasteiger partial charge in [-0.15, -0.1) is 0 Å². The summed E-state index contributed by atoms with van der Waals surface area (Å²) in [6, 6.07) is 27.9.